The second-order valence-electron chi connectivity index (χ2n) is 6.37. The van der Waals surface area contributed by atoms with E-state index in [2.05, 4.69) is 62.6 Å². The van der Waals surface area contributed by atoms with E-state index in [9.17, 15) is 0 Å². The van der Waals surface area contributed by atoms with Gasteiger partial charge in [0.1, 0.15) is 0 Å². The van der Waals surface area contributed by atoms with E-state index in [4.69, 9.17) is 4.42 Å². The van der Waals surface area contributed by atoms with Crippen LogP contribution >= 0.6 is 0 Å². The van der Waals surface area contributed by atoms with Crippen LogP contribution in [0.3, 0.4) is 0 Å². The third-order valence-corrected chi connectivity index (χ3v) is 4.99. The monoisotopic (exact) mass is 324 g/mol. The molecule has 6 rings (SSSR count). The molecule has 0 radical (unpaired) electrons. The van der Waals surface area contributed by atoms with Crippen molar-refractivity contribution in [3.8, 4) is 17.1 Å². The summed E-state index contributed by atoms with van der Waals surface area (Å²) in [5, 5.41) is 1.21. The van der Waals surface area contributed by atoms with Gasteiger partial charge < -0.3 is 4.42 Å². The first-order valence-corrected chi connectivity index (χ1v) is 8.36. The molecular formula is C21H14N3O+. The van der Waals surface area contributed by atoms with Crippen LogP contribution in [0.25, 0.3) is 39.3 Å². The van der Waals surface area contributed by atoms with Crippen LogP contribution in [0.2, 0.25) is 0 Å². The van der Waals surface area contributed by atoms with Gasteiger partial charge in [-0.3, -0.25) is 9.55 Å². The van der Waals surface area contributed by atoms with Crippen molar-refractivity contribution in [1.82, 2.24) is 9.55 Å². The largest absolute Gasteiger partial charge is 0.383 e. The van der Waals surface area contributed by atoms with Gasteiger partial charge in [-0.25, -0.2) is 0 Å². The molecule has 0 aliphatic carbocycles. The molecule has 0 saturated carbocycles. The van der Waals surface area contributed by atoms with Gasteiger partial charge >= 0.3 is 5.89 Å². The Balaban J connectivity index is 1.78. The van der Waals surface area contributed by atoms with Crippen LogP contribution in [-0.2, 0) is 6.54 Å². The number of hydrogen-bond donors (Lipinski definition) is 0. The van der Waals surface area contributed by atoms with Gasteiger partial charge in [0, 0.05) is 18.1 Å². The number of para-hydroxylation sites is 2. The maximum absolute atomic E-state index is 6.41. The van der Waals surface area contributed by atoms with Crippen LogP contribution in [0.4, 0.5) is 0 Å². The SMILES string of the molecule is c1ccc(-n2c3ccccc3c3c2oc2[n+]3Cc3cnccc3-2)cc1. The number of oxazole rings is 1. The van der Waals surface area contributed by atoms with Crippen molar-refractivity contribution in [2.24, 2.45) is 0 Å². The highest BCUT2D eigenvalue weighted by molar-refractivity contribution is 6.04. The summed E-state index contributed by atoms with van der Waals surface area (Å²) in [7, 11) is 0. The molecule has 0 fully saturated rings. The second kappa shape index (κ2) is 4.57. The predicted octanol–water partition coefficient (Wildman–Crippen LogP) is 4.09. The summed E-state index contributed by atoms with van der Waals surface area (Å²) < 4.78 is 10.9. The third kappa shape index (κ3) is 1.61. The molecule has 2 aromatic carbocycles. The van der Waals surface area contributed by atoms with Gasteiger partial charge in [0.25, 0.3) is 11.2 Å². The molecule has 4 heteroatoms. The van der Waals surface area contributed by atoms with E-state index in [-0.39, 0.29) is 0 Å². The molecule has 0 atom stereocenters. The summed E-state index contributed by atoms with van der Waals surface area (Å²) in [6.07, 6.45) is 3.76. The normalized spacial score (nSPS) is 12.6. The zero-order valence-electron chi connectivity index (χ0n) is 13.4. The lowest BCUT2D eigenvalue weighted by Gasteiger charge is -2.04. The molecule has 25 heavy (non-hydrogen) atoms. The fourth-order valence-electron chi connectivity index (χ4n) is 3.92. The molecule has 3 aromatic heterocycles. The van der Waals surface area contributed by atoms with Crippen molar-refractivity contribution < 1.29 is 8.98 Å². The molecule has 0 N–H and O–H groups in total. The Morgan fingerprint density at radius 3 is 2.72 bits per heavy atom. The minimum absolute atomic E-state index is 0.800. The highest BCUT2D eigenvalue weighted by Gasteiger charge is 2.37. The van der Waals surface area contributed by atoms with E-state index < -0.39 is 0 Å². The number of nitrogens with zero attached hydrogens (tertiary/aromatic N) is 3. The maximum Gasteiger partial charge on any atom is 0.383 e. The summed E-state index contributed by atoms with van der Waals surface area (Å²) in [4.78, 5) is 4.25. The fourth-order valence-corrected chi connectivity index (χ4v) is 3.92. The van der Waals surface area contributed by atoms with Crippen LogP contribution in [0.5, 0.6) is 0 Å². The van der Waals surface area contributed by atoms with Crippen molar-refractivity contribution >= 4 is 22.1 Å². The lowest BCUT2D eigenvalue weighted by Crippen LogP contribution is -2.30. The first-order valence-electron chi connectivity index (χ1n) is 8.36. The maximum atomic E-state index is 6.41. The van der Waals surface area contributed by atoms with Gasteiger partial charge in [0.05, 0.1) is 22.0 Å². The van der Waals surface area contributed by atoms with Crippen molar-refractivity contribution in [2.75, 3.05) is 0 Å². The van der Waals surface area contributed by atoms with E-state index >= 15 is 0 Å². The molecule has 0 saturated heterocycles. The third-order valence-electron chi connectivity index (χ3n) is 4.99. The number of benzene rings is 2. The molecule has 4 heterocycles. The molecule has 0 unspecified atom stereocenters. The summed E-state index contributed by atoms with van der Waals surface area (Å²) in [5.74, 6) is 0.915. The summed E-state index contributed by atoms with van der Waals surface area (Å²) in [6, 6.07) is 20.9. The Morgan fingerprint density at radius 2 is 1.80 bits per heavy atom. The van der Waals surface area contributed by atoms with Crippen molar-refractivity contribution in [3.63, 3.8) is 0 Å². The summed E-state index contributed by atoms with van der Waals surface area (Å²) in [6.45, 7) is 0.800. The second-order valence-corrected chi connectivity index (χ2v) is 6.37. The predicted molar refractivity (Wildman–Crippen MR) is 95.6 cm³/mol. The van der Waals surface area contributed by atoms with Gasteiger partial charge in [-0.2, -0.15) is 0 Å². The van der Waals surface area contributed by atoms with E-state index in [1.54, 1.807) is 0 Å². The van der Waals surface area contributed by atoms with Crippen LogP contribution in [-0.4, -0.2) is 9.55 Å². The van der Waals surface area contributed by atoms with Gasteiger partial charge in [0.15, 0.2) is 6.54 Å². The summed E-state index contributed by atoms with van der Waals surface area (Å²) >= 11 is 0. The smallest absolute Gasteiger partial charge is 0.380 e. The molecule has 0 amide bonds. The Morgan fingerprint density at radius 1 is 0.960 bits per heavy atom. The topological polar surface area (TPSA) is 34.8 Å². The Bertz CT molecular complexity index is 1260. The highest BCUT2D eigenvalue weighted by atomic mass is 16.4. The highest BCUT2D eigenvalue weighted by Crippen LogP contribution is 2.36. The molecule has 1 aliphatic rings. The first-order chi connectivity index (χ1) is 12.4. The van der Waals surface area contributed by atoms with E-state index in [0.717, 1.165) is 40.4 Å². The minimum Gasteiger partial charge on any atom is -0.380 e. The number of hydrogen-bond acceptors (Lipinski definition) is 2. The standard InChI is InChI=1S/C21H14N3O/c1-2-6-15(7-3-1)24-18-9-5-4-8-17(18)19-21(24)25-20-16-10-11-22-12-14(16)13-23(19)20/h1-12H,13H2/q+1. The Hall–Kier alpha value is -3.40. The number of pyridine rings is 1. The molecule has 1 aliphatic heterocycles. The fraction of sp³-hybridized carbons (Fsp3) is 0.0476. The van der Waals surface area contributed by atoms with Crippen LogP contribution in [0.1, 0.15) is 5.56 Å². The van der Waals surface area contributed by atoms with Crippen LogP contribution in [0.15, 0.2) is 77.5 Å². The Labute approximate surface area is 143 Å². The Kier molecular flexibility index (Phi) is 2.37. The average molecular weight is 324 g/mol. The average Bonchev–Trinajstić information content (AvgIpc) is 3.29. The molecule has 4 nitrogen and oxygen atoms in total. The quantitative estimate of drug-likeness (QED) is 0.427. The van der Waals surface area contributed by atoms with Crippen molar-refractivity contribution in [2.45, 2.75) is 6.54 Å². The minimum atomic E-state index is 0.800. The zero-order chi connectivity index (χ0) is 16.4. The molecule has 5 aromatic rings. The van der Waals surface area contributed by atoms with Crippen LogP contribution < -0.4 is 4.57 Å². The van der Waals surface area contributed by atoms with Gasteiger partial charge in [-0.05, 0) is 30.3 Å². The van der Waals surface area contributed by atoms with Crippen molar-refractivity contribution in [3.05, 3.63) is 78.6 Å². The molecular weight excluding hydrogens is 310 g/mol. The number of fused-ring (bicyclic) bond motifs is 7. The van der Waals surface area contributed by atoms with Gasteiger partial charge in [-0.1, -0.05) is 30.3 Å². The van der Waals surface area contributed by atoms with Gasteiger partial charge in [0.2, 0.25) is 0 Å². The van der Waals surface area contributed by atoms with E-state index in [0.29, 0.717) is 0 Å². The van der Waals surface area contributed by atoms with Crippen LogP contribution in [0, 0.1) is 0 Å². The number of rotatable bonds is 1. The molecule has 0 bridgehead atoms. The summed E-state index contributed by atoms with van der Waals surface area (Å²) in [5.41, 5.74) is 6.65. The van der Waals surface area contributed by atoms with E-state index in [1.165, 1.54) is 10.9 Å². The lowest BCUT2D eigenvalue weighted by molar-refractivity contribution is -0.648. The lowest BCUT2D eigenvalue weighted by atomic mass is 10.2. The van der Waals surface area contributed by atoms with Gasteiger partial charge in [-0.15, -0.1) is 4.57 Å². The zero-order valence-corrected chi connectivity index (χ0v) is 13.4. The molecule has 118 valence electrons. The molecule has 0 spiro atoms. The van der Waals surface area contributed by atoms with Crippen molar-refractivity contribution in [1.29, 1.82) is 0 Å². The number of aromatic nitrogens is 3. The first kappa shape index (κ1) is 13.0. The van der Waals surface area contributed by atoms with E-state index in [1.807, 2.05) is 24.5 Å².